The first-order valence-corrected chi connectivity index (χ1v) is 6.00. The quantitative estimate of drug-likeness (QED) is 0.892. The highest BCUT2D eigenvalue weighted by Gasteiger charge is 2.09. The average Bonchev–Trinajstić information content (AvgIpc) is 2.39. The molecule has 0 saturated heterocycles. The van der Waals surface area contributed by atoms with Crippen LogP contribution in [0.3, 0.4) is 0 Å². The number of aryl methyl sites for hydroxylation is 2. The number of aromatic carboxylic acids is 1. The number of hydrogen-bond donors (Lipinski definition) is 2. The van der Waals surface area contributed by atoms with Crippen LogP contribution in [0.1, 0.15) is 27.3 Å². The molecular formula is C15H13N3O2. The number of pyridine rings is 1. The van der Waals surface area contributed by atoms with Crippen molar-refractivity contribution in [3.05, 3.63) is 52.8 Å². The summed E-state index contributed by atoms with van der Waals surface area (Å²) < 4.78 is 0. The fourth-order valence-electron chi connectivity index (χ4n) is 1.92. The number of nitrogens with zero attached hydrogens (tertiary/aromatic N) is 2. The minimum atomic E-state index is -0.968. The lowest BCUT2D eigenvalue weighted by atomic mass is 10.1. The fraction of sp³-hybridized carbons (Fsp3) is 0.133. The number of benzene rings is 1. The van der Waals surface area contributed by atoms with E-state index >= 15 is 0 Å². The minimum absolute atomic E-state index is 0.221. The van der Waals surface area contributed by atoms with Gasteiger partial charge in [0.15, 0.2) is 0 Å². The predicted molar refractivity (Wildman–Crippen MR) is 75.1 cm³/mol. The Morgan fingerprint density at radius 3 is 2.50 bits per heavy atom. The third kappa shape index (κ3) is 2.75. The average molecular weight is 267 g/mol. The van der Waals surface area contributed by atoms with E-state index in [1.807, 2.05) is 6.92 Å². The summed E-state index contributed by atoms with van der Waals surface area (Å²) in [6.45, 7) is 3.64. The maximum atomic E-state index is 10.8. The monoisotopic (exact) mass is 267 g/mol. The predicted octanol–water partition coefficient (Wildman–Crippen LogP) is 3.01. The Morgan fingerprint density at radius 2 is 1.95 bits per heavy atom. The van der Waals surface area contributed by atoms with Gasteiger partial charge in [0.25, 0.3) is 0 Å². The highest BCUT2D eigenvalue weighted by atomic mass is 16.4. The number of anilines is 2. The molecule has 1 aromatic carbocycles. The molecule has 0 aliphatic heterocycles. The van der Waals surface area contributed by atoms with Gasteiger partial charge in [0.05, 0.1) is 22.5 Å². The summed E-state index contributed by atoms with van der Waals surface area (Å²) in [5.41, 5.74) is 3.57. The number of nitrogens with one attached hydrogen (secondary N) is 1. The Kier molecular flexibility index (Phi) is 3.67. The van der Waals surface area contributed by atoms with Gasteiger partial charge >= 0.3 is 5.97 Å². The topological polar surface area (TPSA) is 86.0 Å². The molecule has 1 aromatic heterocycles. The number of hydrogen-bond acceptors (Lipinski definition) is 4. The van der Waals surface area contributed by atoms with Crippen LogP contribution < -0.4 is 5.32 Å². The van der Waals surface area contributed by atoms with Gasteiger partial charge in [-0.25, -0.2) is 4.79 Å². The zero-order chi connectivity index (χ0) is 14.7. The van der Waals surface area contributed by atoms with E-state index in [0.29, 0.717) is 16.9 Å². The Balaban J connectivity index is 2.35. The van der Waals surface area contributed by atoms with Crippen LogP contribution >= 0.6 is 0 Å². The van der Waals surface area contributed by atoms with E-state index in [9.17, 15) is 10.1 Å². The van der Waals surface area contributed by atoms with Crippen molar-refractivity contribution < 1.29 is 9.90 Å². The van der Waals surface area contributed by atoms with Crippen LogP contribution in [0.15, 0.2) is 30.3 Å². The van der Waals surface area contributed by atoms with Crippen LogP contribution in [-0.4, -0.2) is 16.1 Å². The van der Waals surface area contributed by atoms with Gasteiger partial charge in [-0.2, -0.15) is 5.26 Å². The molecule has 0 spiro atoms. The molecule has 2 aromatic rings. The smallest absolute Gasteiger partial charge is 0.335 e. The zero-order valence-corrected chi connectivity index (χ0v) is 11.1. The molecule has 0 bridgehead atoms. The lowest BCUT2D eigenvalue weighted by Gasteiger charge is -2.11. The van der Waals surface area contributed by atoms with Crippen LogP contribution in [0, 0.1) is 25.2 Å². The maximum Gasteiger partial charge on any atom is 0.335 e. The molecule has 5 heteroatoms. The molecule has 5 nitrogen and oxygen atoms in total. The Hall–Kier alpha value is -2.87. The van der Waals surface area contributed by atoms with Crippen molar-refractivity contribution in [2.75, 3.05) is 5.32 Å². The van der Waals surface area contributed by atoms with Crippen LogP contribution in [-0.2, 0) is 0 Å². The number of rotatable bonds is 3. The second-order valence-corrected chi connectivity index (χ2v) is 4.39. The summed E-state index contributed by atoms with van der Waals surface area (Å²) in [5.74, 6) is -0.968. The molecular weight excluding hydrogens is 254 g/mol. The lowest BCUT2D eigenvalue weighted by Crippen LogP contribution is -2.00. The van der Waals surface area contributed by atoms with Crippen molar-refractivity contribution in [1.82, 2.24) is 4.98 Å². The van der Waals surface area contributed by atoms with Crippen LogP contribution in [0.25, 0.3) is 0 Å². The summed E-state index contributed by atoms with van der Waals surface area (Å²) in [5, 5.41) is 21.1. The molecule has 0 unspecified atom stereocenters. The van der Waals surface area contributed by atoms with E-state index in [1.165, 1.54) is 12.1 Å². The maximum absolute atomic E-state index is 10.8. The fourth-order valence-corrected chi connectivity index (χ4v) is 1.92. The molecule has 2 rings (SSSR count). The second kappa shape index (κ2) is 5.41. The molecule has 0 amide bonds. The molecule has 0 atom stereocenters. The van der Waals surface area contributed by atoms with E-state index in [2.05, 4.69) is 16.4 Å². The van der Waals surface area contributed by atoms with E-state index in [4.69, 9.17) is 5.11 Å². The Bertz CT molecular complexity index is 700. The van der Waals surface area contributed by atoms with Gasteiger partial charge in [0, 0.05) is 11.4 Å². The third-order valence-corrected chi connectivity index (χ3v) is 2.85. The molecule has 0 aliphatic rings. The van der Waals surface area contributed by atoms with E-state index in [-0.39, 0.29) is 5.56 Å². The van der Waals surface area contributed by atoms with Crippen molar-refractivity contribution in [2.24, 2.45) is 0 Å². The summed E-state index contributed by atoms with van der Waals surface area (Å²) in [6.07, 6.45) is 0. The number of nitriles is 1. The van der Waals surface area contributed by atoms with Crippen LogP contribution in [0.2, 0.25) is 0 Å². The van der Waals surface area contributed by atoms with Crippen LogP contribution in [0.4, 0.5) is 11.4 Å². The molecule has 0 saturated carbocycles. The highest BCUT2D eigenvalue weighted by Crippen LogP contribution is 2.23. The molecule has 1 heterocycles. The van der Waals surface area contributed by atoms with E-state index < -0.39 is 5.97 Å². The largest absolute Gasteiger partial charge is 0.478 e. The number of carboxylic acids is 1. The molecule has 0 aliphatic carbocycles. The molecule has 100 valence electrons. The van der Waals surface area contributed by atoms with Gasteiger partial charge < -0.3 is 10.4 Å². The molecule has 0 radical (unpaired) electrons. The van der Waals surface area contributed by atoms with Crippen LogP contribution in [0.5, 0.6) is 0 Å². The summed E-state index contributed by atoms with van der Waals surface area (Å²) in [6, 6.07) is 10.3. The number of carbonyl (C=O) groups is 1. The molecule has 0 fully saturated rings. The second-order valence-electron chi connectivity index (χ2n) is 4.39. The zero-order valence-electron chi connectivity index (χ0n) is 11.1. The first-order valence-electron chi connectivity index (χ1n) is 6.00. The van der Waals surface area contributed by atoms with E-state index in [0.717, 1.165) is 11.4 Å². The summed E-state index contributed by atoms with van der Waals surface area (Å²) in [7, 11) is 0. The van der Waals surface area contributed by atoms with Crippen molar-refractivity contribution in [3.63, 3.8) is 0 Å². The van der Waals surface area contributed by atoms with Gasteiger partial charge in [-0.1, -0.05) is 0 Å². The first kappa shape index (κ1) is 13.6. The van der Waals surface area contributed by atoms with Crippen molar-refractivity contribution in [3.8, 4) is 6.07 Å². The van der Waals surface area contributed by atoms with Gasteiger partial charge in [-0.05, 0) is 44.2 Å². The van der Waals surface area contributed by atoms with Crippen molar-refractivity contribution >= 4 is 17.3 Å². The first-order chi connectivity index (χ1) is 9.51. The molecule has 2 N–H and O–H groups in total. The van der Waals surface area contributed by atoms with Gasteiger partial charge in [0.1, 0.15) is 6.07 Å². The summed E-state index contributed by atoms with van der Waals surface area (Å²) >= 11 is 0. The van der Waals surface area contributed by atoms with Gasteiger partial charge in [-0.15, -0.1) is 0 Å². The van der Waals surface area contributed by atoms with Gasteiger partial charge in [-0.3, -0.25) is 4.98 Å². The Morgan fingerprint density at radius 1 is 1.30 bits per heavy atom. The van der Waals surface area contributed by atoms with Gasteiger partial charge in [0.2, 0.25) is 0 Å². The number of aromatic nitrogens is 1. The molecule has 20 heavy (non-hydrogen) atoms. The summed E-state index contributed by atoms with van der Waals surface area (Å²) in [4.78, 5) is 15.0. The third-order valence-electron chi connectivity index (χ3n) is 2.85. The number of carboxylic acid groups (broad SMARTS) is 1. The van der Waals surface area contributed by atoms with E-state index in [1.54, 1.807) is 25.1 Å². The highest BCUT2D eigenvalue weighted by molar-refractivity contribution is 5.88. The standard InChI is InChI=1S/C15H13N3O2/c1-9-7-14(13(8-16)10(2)17-9)18-12-5-3-11(4-6-12)15(19)20/h3-7H,1-2H3,(H,17,18)(H,19,20). The lowest BCUT2D eigenvalue weighted by molar-refractivity contribution is 0.0697. The SMILES string of the molecule is Cc1cc(Nc2ccc(C(=O)O)cc2)c(C#N)c(C)n1. The normalized spacial score (nSPS) is 9.85. The Labute approximate surface area is 116 Å². The van der Waals surface area contributed by atoms with Crippen molar-refractivity contribution in [1.29, 1.82) is 5.26 Å². The van der Waals surface area contributed by atoms with Crippen molar-refractivity contribution in [2.45, 2.75) is 13.8 Å². The minimum Gasteiger partial charge on any atom is -0.478 e.